The molecule has 66 valence electrons. The fourth-order valence-corrected chi connectivity index (χ4v) is 0.658. The maximum atomic E-state index is 10.9. The van der Waals surface area contributed by atoms with E-state index in [4.69, 9.17) is 11.5 Å². The van der Waals surface area contributed by atoms with Crippen LogP contribution in [0.25, 0.3) is 0 Å². The molecule has 0 rings (SSSR count). The molecule has 0 saturated heterocycles. The first-order chi connectivity index (χ1) is 5.20. The van der Waals surface area contributed by atoms with Crippen LogP contribution in [0.1, 0.15) is 19.8 Å². The summed E-state index contributed by atoms with van der Waals surface area (Å²) in [6.45, 7) is 3.08. The molecule has 0 aromatic heterocycles. The van der Waals surface area contributed by atoms with Crippen LogP contribution in [-0.4, -0.2) is 25.0 Å². The summed E-state index contributed by atoms with van der Waals surface area (Å²) in [5.41, 5.74) is 10.7. The third-order valence-electron chi connectivity index (χ3n) is 1.32. The molecule has 5 N–H and O–H groups in total. The summed E-state index contributed by atoms with van der Waals surface area (Å²) in [5.74, 6) is -0.00944. The summed E-state index contributed by atoms with van der Waals surface area (Å²) in [6.07, 6.45) is 1.28. The Labute approximate surface area is 67.3 Å². The molecule has 0 radical (unpaired) electrons. The van der Waals surface area contributed by atoms with Crippen LogP contribution in [0.4, 0.5) is 0 Å². The predicted octanol–water partition coefficient (Wildman–Crippen LogP) is -0.811. The van der Waals surface area contributed by atoms with Crippen LogP contribution in [0.15, 0.2) is 0 Å². The van der Waals surface area contributed by atoms with Gasteiger partial charge in [0, 0.05) is 25.6 Å². The van der Waals surface area contributed by atoms with Gasteiger partial charge in [0.05, 0.1) is 0 Å². The van der Waals surface area contributed by atoms with Crippen LogP contribution in [0.2, 0.25) is 0 Å². The Morgan fingerprint density at radius 1 is 1.64 bits per heavy atom. The van der Waals surface area contributed by atoms with E-state index in [1.807, 2.05) is 6.92 Å². The Bertz CT molecular complexity index is 116. The Morgan fingerprint density at radius 3 is 2.73 bits per heavy atom. The molecule has 0 fully saturated rings. The number of amides is 1. The zero-order valence-corrected chi connectivity index (χ0v) is 6.97. The molecular weight excluding hydrogens is 142 g/mol. The average molecular weight is 159 g/mol. The summed E-state index contributed by atoms with van der Waals surface area (Å²) in [6, 6.07) is -0.202. The van der Waals surface area contributed by atoms with Gasteiger partial charge in [-0.15, -0.1) is 0 Å². The molecule has 4 nitrogen and oxygen atoms in total. The van der Waals surface area contributed by atoms with Crippen molar-refractivity contribution < 1.29 is 4.79 Å². The Kier molecular flexibility index (Phi) is 5.78. The number of carbonyl (C=O) groups is 1. The van der Waals surface area contributed by atoms with Crippen molar-refractivity contribution in [2.75, 3.05) is 13.1 Å². The first-order valence-corrected chi connectivity index (χ1v) is 3.93. The van der Waals surface area contributed by atoms with Gasteiger partial charge in [-0.05, 0) is 6.42 Å². The average Bonchev–Trinajstić information content (AvgIpc) is 2.00. The lowest BCUT2D eigenvalue weighted by Crippen LogP contribution is -2.36. The van der Waals surface area contributed by atoms with E-state index >= 15 is 0 Å². The molecular formula is C7H17N3O. The van der Waals surface area contributed by atoms with Gasteiger partial charge < -0.3 is 16.8 Å². The first kappa shape index (κ1) is 10.4. The summed E-state index contributed by atoms with van der Waals surface area (Å²) < 4.78 is 0. The van der Waals surface area contributed by atoms with Crippen molar-refractivity contribution in [3.05, 3.63) is 0 Å². The standard InChI is InChI=1S/C7H17N3O/c1-2-3-10-7(11)4-6(9)5-8/h6H,2-5,8-9H2,1H3,(H,10,11). The lowest BCUT2D eigenvalue weighted by atomic mass is 10.2. The summed E-state index contributed by atoms with van der Waals surface area (Å²) in [4.78, 5) is 10.9. The molecule has 0 aliphatic carbocycles. The van der Waals surface area contributed by atoms with Crippen molar-refractivity contribution >= 4 is 5.91 Å². The second-order valence-electron chi connectivity index (χ2n) is 2.55. The number of hydrogen-bond acceptors (Lipinski definition) is 3. The van der Waals surface area contributed by atoms with Crippen LogP contribution in [0.5, 0.6) is 0 Å². The second kappa shape index (κ2) is 6.12. The number of nitrogens with two attached hydrogens (primary N) is 2. The molecule has 0 bridgehead atoms. The number of nitrogens with one attached hydrogen (secondary N) is 1. The van der Waals surface area contributed by atoms with Crippen molar-refractivity contribution in [2.45, 2.75) is 25.8 Å². The molecule has 0 spiro atoms. The van der Waals surface area contributed by atoms with E-state index in [9.17, 15) is 4.79 Å². The molecule has 1 atom stereocenters. The van der Waals surface area contributed by atoms with Crippen LogP contribution in [-0.2, 0) is 4.79 Å². The van der Waals surface area contributed by atoms with Gasteiger partial charge in [-0.2, -0.15) is 0 Å². The van der Waals surface area contributed by atoms with Gasteiger partial charge in [0.25, 0.3) is 0 Å². The van der Waals surface area contributed by atoms with Gasteiger partial charge in [0.1, 0.15) is 0 Å². The molecule has 0 aliphatic heterocycles. The minimum atomic E-state index is -0.202. The third kappa shape index (κ3) is 5.82. The van der Waals surface area contributed by atoms with E-state index < -0.39 is 0 Å². The molecule has 0 saturated carbocycles. The SMILES string of the molecule is CCCNC(=O)CC(N)CN. The molecule has 0 aromatic carbocycles. The lowest BCUT2D eigenvalue weighted by Gasteiger charge is -2.07. The van der Waals surface area contributed by atoms with Gasteiger partial charge in [0.2, 0.25) is 5.91 Å². The molecule has 1 amide bonds. The van der Waals surface area contributed by atoms with E-state index in [1.165, 1.54) is 0 Å². The number of carbonyl (C=O) groups excluding carboxylic acids is 1. The number of hydrogen-bond donors (Lipinski definition) is 3. The molecule has 0 heterocycles. The summed E-state index contributed by atoms with van der Waals surface area (Å²) in [7, 11) is 0. The van der Waals surface area contributed by atoms with E-state index in [0.29, 0.717) is 13.0 Å². The normalized spacial score (nSPS) is 12.6. The Morgan fingerprint density at radius 2 is 2.27 bits per heavy atom. The number of rotatable bonds is 5. The molecule has 4 heteroatoms. The quantitative estimate of drug-likeness (QED) is 0.490. The molecule has 0 aliphatic rings. The zero-order valence-electron chi connectivity index (χ0n) is 6.97. The van der Waals surface area contributed by atoms with Crippen molar-refractivity contribution in [3.63, 3.8) is 0 Å². The van der Waals surface area contributed by atoms with E-state index in [2.05, 4.69) is 5.32 Å². The molecule has 11 heavy (non-hydrogen) atoms. The van der Waals surface area contributed by atoms with Crippen molar-refractivity contribution in [1.82, 2.24) is 5.32 Å². The van der Waals surface area contributed by atoms with Crippen LogP contribution in [0, 0.1) is 0 Å². The Hall–Kier alpha value is -0.610. The summed E-state index contributed by atoms with van der Waals surface area (Å²) in [5, 5.41) is 2.72. The third-order valence-corrected chi connectivity index (χ3v) is 1.32. The minimum Gasteiger partial charge on any atom is -0.356 e. The molecule has 1 unspecified atom stereocenters. The van der Waals surface area contributed by atoms with Gasteiger partial charge in [-0.25, -0.2) is 0 Å². The van der Waals surface area contributed by atoms with E-state index in [-0.39, 0.29) is 11.9 Å². The highest BCUT2D eigenvalue weighted by atomic mass is 16.1. The maximum Gasteiger partial charge on any atom is 0.221 e. The van der Waals surface area contributed by atoms with Crippen molar-refractivity contribution in [3.8, 4) is 0 Å². The minimum absolute atomic E-state index is 0.00944. The topological polar surface area (TPSA) is 81.1 Å². The van der Waals surface area contributed by atoms with E-state index in [1.54, 1.807) is 0 Å². The van der Waals surface area contributed by atoms with E-state index in [0.717, 1.165) is 13.0 Å². The predicted molar refractivity (Wildman–Crippen MR) is 44.9 cm³/mol. The highest BCUT2D eigenvalue weighted by Gasteiger charge is 2.05. The monoisotopic (exact) mass is 159 g/mol. The lowest BCUT2D eigenvalue weighted by molar-refractivity contribution is -0.121. The van der Waals surface area contributed by atoms with Crippen molar-refractivity contribution in [1.29, 1.82) is 0 Å². The van der Waals surface area contributed by atoms with Crippen LogP contribution in [0.3, 0.4) is 0 Å². The van der Waals surface area contributed by atoms with Gasteiger partial charge >= 0.3 is 0 Å². The van der Waals surface area contributed by atoms with Gasteiger partial charge in [0.15, 0.2) is 0 Å². The van der Waals surface area contributed by atoms with Gasteiger partial charge in [-0.3, -0.25) is 4.79 Å². The largest absolute Gasteiger partial charge is 0.356 e. The maximum absolute atomic E-state index is 10.9. The fourth-order valence-electron chi connectivity index (χ4n) is 0.658. The molecule has 0 aromatic rings. The first-order valence-electron chi connectivity index (χ1n) is 3.93. The summed E-state index contributed by atoms with van der Waals surface area (Å²) >= 11 is 0. The van der Waals surface area contributed by atoms with Crippen LogP contribution >= 0.6 is 0 Å². The highest BCUT2D eigenvalue weighted by Crippen LogP contribution is 1.84. The van der Waals surface area contributed by atoms with Crippen molar-refractivity contribution in [2.24, 2.45) is 11.5 Å². The zero-order chi connectivity index (χ0) is 8.69. The van der Waals surface area contributed by atoms with Gasteiger partial charge in [-0.1, -0.05) is 6.92 Å². The van der Waals surface area contributed by atoms with Crippen LogP contribution < -0.4 is 16.8 Å². The smallest absolute Gasteiger partial charge is 0.221 e. The Balaban J connectivity index is 3.36. The second-order valence-corrected chi connectivity index (χ2v) is 2.55. The highest BCUT2D eigenvalue weighted by molar-refractivity contribution is 5.76. The fraction of sp³-hybridized carbons (Fsp3) is 0.857.